The number of benzene rings is 1. The number of hydrogen-bond acceptors (Lipinski definition) is 5. The lowest BCUT2D eigenvalue weighted by Gasteiger charge is -2.05. The number of aromatic carboxylic acids is 1. The van der Waals surface area contributed by atoms with E-state index in [4.69, 9.17) is 28.3 Å². The van der Waals surface area contributed by atoms with Crippen molar-refractivity contribution in [3.05, 3.63) is 58.1 Å². The smallest absolute Gasteiger partial charge is 0.354 e. The highest BCUT2D eigenvalue weighted by molar-refractivity contribution is 6.35. The molecular weight excluding hydrogens is 395 g/mol. The van der Waals surface area contributed by atoms with Crippen molar-refractivity contribution < 1.29 is 14.7 Å². The first kappa shape index (κ1) is 18.9. The van der Waals surface area contributed by atoms with Crippen molar-refractivity contribution in [3.8, 4) is 0 Å². The Morgan fingerprint density at radius 1 is 1.22 bits per heavy atom. The van der Waals surface area contributed by atoms with Crippen LogP contribution < -0.4 is 5.32 Å². The molecule has 9 nitrogen and oxygen atoms in total. The molecule has 0 fully saturated rings. The fourth-order valence-electron chi connectivity index (χ4n) is 2.34. The van der Waals surface area contributed by atoms with Crippen LogP contribution in [0, 0.1) is 0 Å². The number of carbonyl (C=O) groups is 2. The summed E-state index contributed by atoms with van der Waals surface area (Å²) in [5.41, 5.74) is 0.828. The van der Waals surface area contributed by atoms with Gasteiger partial charge in [0, 0.05) is 22.7 Å². The highest BCUT2D eigenvalue weighted by Crippen LogP contribution is 2.21. The number of carbonyl (C=O) groups excluding carboxylic acids is 1. The Hall–Kier alpha value is -2.91. The van der Waals surface area contributed by atoms with Crippen LogP contribution in [-0.4, -0.2) is 41.5 Å². The molecule has 2 N–H and O–H groups in total. The summed E-state index contributed by atoms with van der Waals surface area (Å²) in [6, 6.07) is 6.52. The number of amides is 1. The monoisotopic (exact) mass is 408 g/mol. The van der Waals surface area contributed by atoms with E-state index in [0.717, 1.165) is 5.56 Å². The highest BCUT2D eigenvalue weighted by Gasteiger charge is 2.13. The Balaban J connectivity index is 1.56. The molecule has 140 valence electrons. The van der Waals surface area contributed by atoms with E-state index in [-0.39, 0.29) is 30.5 Å². The van der Waals surface area contributed by atoms with Gasteiger partial charge in [0.05, 0.1) is 13.1 Å². The zero-order valence-corrected chi connectivity index (χ0v) is 15.4. The van der Waals surface area contributed by atoms with Gasteiger partial charge < -0.3 is 5.11 Å². The summed E-state index contributed by atoms with van der Waals surface area (Å²) in [4.78, 5) is 27.1. The first-order valence-corrected chi connectivity index (χ1v) is 8.56. The van der Waals surface area contributed by atoms with Crippen molar-refractivity contribution in [2.45, 2.75) is 19.5 Å². The van der Waals surface area contributed by atoms with Crippen molar-refractivity contribution in [2.24, 2.45) is 0 Å². The van der Waals surface area contributed by atoms with Gasteiger partial charge in [-0.25, -0.2) is 14.5 Å². The van der Waals surface area contributed by atoms with Crippen LogP contribution in [0.2, 0.25) is 10.0 Å². The third-order valence-corrected chi connectivity index (χ3v) is 4.21. The minimum atomic E-state index is -1.10. The largest absolute Gasteiger partial charge is 0.477 e. The van der Waals surface area contributed by atoms with Gasteiger partial charge in [0.2, 0.25) is 11.9 Å². The van der Waals surface area contributed by atoms with E-state index in [0.29, 0.717) is 16.6 Å². The van der Waals surface area contributed by atoms with Crippen molar-refractivity contribution in [1.82, 2.24) is 24.5 Å². The average molecular weight is 409 g/mol. The molecule has 2 heterocycles. The van der Waals surface area contributed by atoms with E-state index in [1.165, 1.54) is 28.0 Å². The number of carboxylic acid groups (broad SMARTS) is 1. The van der Waals surface area contributed by atoms with E-state index in [1.807, 2.05) is 0 Å². The van der Waals surface area contributed by atoms with Crippen molar-refractivity contribution in [1.29, 1.82) is 0 Å². The Morgan fingerprint density at radius 3 is 2.78 bits per heavy atom. The van der Waals surface area contributed by atoms with Gasteiger partial charge >= 0.3 is 5.97 Å². The van der Waals surface area contributed by atoms with E-state index in [1.54, 1.807) is 18.2 Å². The summed E-state index contributed by atoms with van der Waals surface area (Å²) >= 11 is 12.0. The second-order valence-corrected chi connectivity index (χ2v) is 6.39. The molecule has 1 aromatic carbocycles. The van der Waals surface area contributed by atoms with Crippen LogP contribution in [0.25, 0.3) is 0 Å². The van der Waals surface area contributed by atoms with Gasteiger partial charge in [-0.1, -0.05) is 29.3 Å². The first-order chi connectivity index (χ1) is 12.9. The molecule has 3 aromatic rings. The van der Waals surface area contributed by atoms with Crippen molar-refractivity contribution >= 4 is 41.0 Å². The lowest BCUT2D eigenvalue weighted by molar-refractivity contribution is -0.116. The summed E-state index contributed by atoms with van der Waals surface area (Å²) in [5.74, 6) is -1.32. The number of halogens is 2. The van der Waals surface area contributed by atoms with Gasteiger partial charge in [0.15, 0.2) is 0 Å². The molecule has 3 rings (SSSR count). The second-order valence-electron chi connectivity index (χ2n) is 5.54. The van der Waals surface area contributed by atoms with Crippen LogP contribution in [0.3, 0.4) is 0 Å². The minimum Gasteiger partial charge on any atom is -0.477 e. The number of aromatic nitrogens is 5. The number of hydrogen-bond donors (Lipinski definition) is 2. The van der Waals surface area contributed by atoms with Crippen LogP contribution in [-0.2, 0) is 17.9 Å². The predicted octanol–water partition coefficient (Wildman–Crippen LogP) is 2.56. The average Bonchev–Trinajstić information content (AvgIpc) is 3.25. The van der Waals surface area contributed by atoms with Gasteiger partial charge in [0.1, 0.15) is 12.0 Å². The summed E-state index contributed by atoms with van der Waals surface area (Å²) < 4.78 is 2.78. The van der Waals surface area contributed by atoms with E-state index in [2.05, 4.69) is 20.5 Å². The molecule has 0 saturated carbocycles. The van der Waals surface area contributed by atoms with E-state index in [9.17, 15) is 9.59 Å². The molecule has 0 spiro atoms. The van der Waals surface area contributed by atoms with Crippen molar-refractivity contribution in [2.75, 3.05) is 5.32 Å². The minimum absolute atomic E-state index is 0.0186. The second kappa shape index (κ2) is 8.19. The summed E-state index contributed by atoms with van der Waals surface area (Å²) in [5, 5.41) is 20.7. The van der Waals surface area contributed by atoms with Crippen LogP contribution in [0.1, 0.15) is 22.5 Å². The van der Waals surface area contributed by atoms with Gasteiger partial charge in [-0.2, -0.15) is 5.10 Å². The van der Waals surface area contributed by atoms with Gasteiger partial charge in [0.25, 0.3) is 0 Å². The first-order valence-electron chi connectivity index (χ1n) is 7.80. The summed E-state index contributed by atoms with van der Waals surface area (Å²) in [6.45, 7) is 0.496. The lowest BCUT2D eigenvalue weighted by Crippen LogP contribution is -2.18. The van der Waals surface area contributed by atoms with Crippen LogP contribution >= 0.6 is 23.2 Å². The summed E-state index contributed by atoms with van der Waals surface area (Å²) in [6.07, 6.45) is 2.86. The van der Waals surface area contributed by atoms with Crippen molar-refractivity contribution in [3.63, 3.8) is 0 Å². The zero-order valence-electron chi connectivity index (χ0n) is 13.8. The molecule has 0 aliphatic heterocycles. The maximum absolute atomic E-state index is 12.0. The van der Waals surface area contributed by atoms with E-state index >= 15 is 0 Å². The molecule has 1 amide bonds. The Morgan fingerprint density at radius 2 is 2.04 bits per heavy atom. The zero-order chi connectivity index (χ0) is 19.4. The maximum Gasteiger partial charge on any atom is 0.354 e. The van der Waals surface area contributed by atoms with Crippen LogP contribution in [0.5, 0.6) is 0 Å². The topological polar surface area (TPSA) is 115 Å². The summed E-state index contributed by atoms with van der Waals surface area (Å²) in [7, 11) is 0. The number of rotatable bonds is 7. The molecule has 0 atom stereocenters. The molecule has 11 heteroatoms. The SMILES string of the molecule is O=C(CCn1nccc1C(=O)O)Nc1ncn(Cc2ccc(Cl)cc2Cl)n1. The third-order valence-electron chi connectivity index (χ3n) is 3.62. The van der Waals surface area contributed by atoms with Crippen LogP contribution in [0.15, 0.2) is 36.8 Å². The Labute approximate surface area is 163 Å². The van der Waals surface area contributed by atoms with Gasteiger partial charge in [-0.15, -0.1) is 5.10 Å². The molecular formula is C16H14Cl2N6O3. The number of anilines is 1. The maximum atomic E-state index is 12.0. The van der Waals surface area contributed by atoms with Crippen LogP contribution in [0.4, 0.5) is 5.95 Å². The standard InChI is InChI=1S/C16H14Cl2N6O3/c17-11-2-1-10(12(18)7-11)8-23-9-19-16(22-23)21-14(25)4-6-24-13(15(26)27)3-5-20-24/h1-3,5,7,9H,4,6,8H2,(H,26,27)(H,21,22,25). The fourth-order valence-corrected chi connectivity index (χ4v) is 2.81. The fraction of sp³-hybridized carbons (Fsp3) is 0.188. The number of aryl methyl sites for hydroxylation is 1. The quantitative estimate of drug-likeness (QED) is 0.620. The molecule has 0 aliphatic carbocycles. The normalized spacial score (nSPS) is 10.7. The molecule has 0 radical (unpaired) electrons. The van der Waals surface area contributed by atoms with Gasteiger partial charge in [-0.3, -0.25) is 14.8 Å². The van der Waals surface area contributed by atoms with Gasteiger partial charge in [-0.05, 0) is 23.8 Å². The molecule has 0 aliphatic rings. The predicted molar refractivity (Wildman–Crippen MR) is 98.0 cm³/mol. The lowest BCUT2D eigenvalue weighted by atomic mass is 10.2. The Bertz CT molecular complexity index is 984. The molecule has 0 unspecified atom stereocenters. The molecule has 0 bridgehead atoms. The molecule has 27 heavy (non-hydrogen) atoms. The number of nitrogens with zero attached hydrogens (tertiary/aromatic N) is 5. The van der Waals surface area contributed by atoms with E-state index < -0.39 is 5.97 Å². The molecule has 0 saturated heterocycles. The Kier molecular flexibility index (Phi) is 5.72. The highest BCUT2D eigenvalue weighted by atomic mass is 35.5. The number of nitrogens with one attached hydrogen (secondary N) is 1. The molecule has 2 aromatic heterocycles. The number of carboxylic acids is 1. The third kappa shape index (κ3) is 4.83.